The van der Waals surface area contributed by atoms with Crippen LogP contribution in [0.2, 0.25) is 0 Å². The maximum absolute atomic E-state index is 2.57. The molecule has 84 valence electrons. The lowest BCUT2D eigenvalue weighted by Gasteiger charge is -2.31. The van der Waals surface area contributed by atoms with Crippen molar-refractivity contribution < 1.29 is 0 Å². The maximum Gasteiger partial charge on any atom is 0.0301 e. The van der Waals surface area contributed by atoms with Crippen molar-refractivity contribution in [2.24, 2.45) is 11.8 Å². The van der Waals surface area contributed by atoms with E-state index in [1.807, 2.05) is 0 Å². The van der Waals surface area contributed by atoms with Crippen LogP contribution in [0.5, 0.6) is 0 Å². The maximum atomic E-state index is 2.57. The van der Waals surface area contributed by atoms with Gasteiger partial charge in [-0.05, 0) is 34.6 Å². The summed E-state index contributed by atoms with van der Waals surface area (Å²) >= 11 is 2.57. The Bertz CT molecular complexity index is 577. The second-order valence-electron chi connectivity index (χ2n) is 5.07. The number of hydrogen-bond donors (Lipinski definition) is 0. The third-order valence-electron chi connectivity index (χ3n) is 4.14. The molecule has 0 N–H and O–H groups in total. The molecule has 0 nitrogen and oxygen atoms in total. The predicted molar refractivity (Wildman–Crippen MR) is 80.9 cm³/mol. The summed E-state index contributed by atoms with van der Waals surface area (Å²) < 4.78 is 0.680. The van der Waals surface area contributed by atoms with E-state index in [-0.39, 0.29) is 0 Å². The zero-order chi connectivity index (χ0) is 11.4. The van der Waals surface area contributed by atoms with Gasteiger partial charge in [-0.1, -0.05) is 71.2 Å². The number of halogens is 1. The van der Waals surface area contributed by atoms with Crippen molar-refractivity contribution in [2.45, 2.75) is 10.3 Å². The molecule has 3 atom stereocenters. The molecular weight excluding hydrogens is 319 g/mol. The van der Waals surface area contributed by atoms with Gasteiger partial charge in [0.25, 0.3) is 0 Å². The van der Waals surface area contributed by atoms with Crippen LogP contribution in [-0.4, -0.2) is 3.92 Å². The molecule has 0 saturated heterocycles. The minimum Gasteiger partial charge on any atom is -0.0804 e. The molecule has 0 heterocycles. The van der Waals surface area contributed by atoms with Crippen LogP contribution in [0.4, 0.5) is 0 Å². The first-order valence-electron chi connectivity index (χ1n) is 6.18. The lowest BCUT2D eigenvalue weighted by molar-refractivity contribution is 0.534. The van der Waals surface area contributed by atoms with Crippen molar-refractivity contribution in [3.63, 3.8) is 0 Å². The van der Waals surface area contributed by atoms with E-state index in [1.54, 1.807) is 11.1 Å². The molecule has 3 aliphatic rings. The first-order valence-corrected chi connectivity index (χ1v) is 7.43. The zero-order valence-electron chi connectivity index (χ0n) is 9.44. The van der Waals surface area contributed by atoms with E-state index in [0.717, 1.165) is 0 Å². The fourth-order valence-electron chi connectivity index (χ4n) is 3.49. The summed E-state index contributed by atoms with van der Waals surface area (Å²) in [5.41, 5.74) is 6.05. The monoisotopic (exact) mass is 332 g/mol. The average Bonchev–Trinajstić information content (AvgIpc) is 2.67. The third kappa shape index (κ3) is 1.35. The Morgan fingerprint density at radius 2 is 1.82 bits per heavy atom. The fraction of sp³-hybridized carbons (Fsp3) is 0.250. The standard InChI is InChI=1S/C16H13I/c17-11-8-10-4-3-7-14-12-5-1-2-6-13(12)15(9-11)16(10)14/h1-7,9-11,16H,8H2/t10-,11?,16?/m0/s1. The van der Waals surface area contributed by atoms with Gasteiger partial charge in [-0.25, -0.2) is 0 Å². The van der Waals surface area contributed by atoms with Gasteiger partial charge in [0.2, 0.25) is 0 Å². The van der Waals surface area contributed by atoms with E-state index in [4.69, 9.17) is 0 Å². The van der Waals surface area contributed by atoms with E-state index in [0.29, 0.717) is 15.8 Å². The number of fused-ring (bicyclic) bond motifs is 3. The number of hydrogen-bond acceptors (Lipinski definition) is 0. The Balaban J connectivity index is 2.02. The van der Waals surface area contributed by atoms with Gasteiger partial charge in [-0.15, -0.1) is 0 Å². The summed E-state index contributed by atoms with van der Waals surface area (Å²) in [6.45, 7) is 0. The molecule has 0 amide bonds. The molecule has 0 fully saturated rings. The van der Waals surface area contributed by atoms with Crippen LogP contribution in [0.25, 0.3) is 11.1 Å². The van der Waals surface area contributed by atoms with Crippen LogP contribution in [0.1, 0.15) is 17.5 Å². The highest BCUT2D eigenvalue weighted by Crippen LogP contribution is 2.54. The topological polar surface area (TPSA) is 0 Å². The molecule has 4 rings (SSSR count). The zero-order valence-corrected chi connectivity index (χ0v) is 11.6. The van der Waals surface area contributed by atoms with E-state index in [1.165, 1.54) is 17.5 Å². The molecule has 1 aromatic carbocycles. The lowest BCUT2D eigenvalue weighted by atomic mass is 9.75. The van der Waals surface area contributed by atoms with E-state index in [2.05, 4.69) is 71.2 Å². The lowest BCUT2D eigenvalue weighted by Crippen LogP contribution is -2.21. The van der Waals surface area contributed by atoms with E-state index < -0.39 is 0 Å². The van der Waals surface area contributed by atoms with Gasteiger partial charge in [0.1, 0.15) is 0 Å². The summed E-state index contributed by atoms with van der Waals surface area (Å²) in [5.74, 6) is 1.35. The molecule has 3 aliphatic carbocycles. The Morgan fingerprint density at radius 1 is 1.06 bits per heavy atom. The summed E-state index contributed by atoms with van der Waals surface area (Å²) in [4.78, 5) is 0. The molecule has 0 aromatic heterocycles. The second-order valence-corrected chi connectivity index (χ2v) is 6.67. The minimum atomic E-state index is 0.642. The molecule has 0 bridgehead atoms. The van der Waals surface area contributed by atoms with Gasteiger partial charge >= 0.3 is 0 Å². The first kappa shape index (κ1) is 10.1. The highest BCUT2D eigenvalue weighted by Gasteiger charge is 2.40. The van der Waals surface area contributed by atoms with Gasteiger partial charge in [0.15, 0.2) is 0 Å². The smallest absolute Gasteiger partial charge is 0.0301 e. The van der Waals surface area contributed by atoms with Gasteiger partial charge in [-0.2, -0.15) is 0 Å². The normalized spacial score (nSPS) is 32.6. The van der Waals surface area contributed by atoms with Crippen LogP contribution in [0, 0.1) is 11.8 Å². The predicted octanol–water partition coefficient (Wildman–Crippen LogP) is 4.48. The van der Waals surface area contributed by atoms with Crippen molar-refractivity contribution in [3.05, 3.63) is 59.7 Å². The van der Waals surface area contributed by atoms with E-state index >= 15 is 0 Å². The Labute approximate surface area is 115 Å². The van der Waals surface area contributed by atoms with Crippen LogP contribution in [-0.2, 0) is 0 Å². The van der Waals surface area contributed by atoms with Crippen LogP contribution >= 0.6 is 22.6 Å². The number of benzene rings is 1. The summed E-state index contributed by atoms with van der Waals surface area (Å²) in [6.07, 6.45) is 10.7. The van der Waals surface area contributed by atoms with Gasteiger partial charge in [-0.3, -0.25) is 0 Å². The Kier molecular flexibility index (Phi) is 2.13. The number of allylic oxidation sites excluding steroid dienone is 6. The average molecular weight is 332 g/mol. The molecular formula is C16H13I. The molecule has 1 aromatic rings. The first-order chi connectivity index (χ1) is 8.34. The van der Waals surface area contributed by atoms with Crippen LogP contribution < -0.4 is 0 Å². The van der Waals surface area contributed by atoms with Gasteiger partial charge in [0, 0.05) is 9.84 Å². The van der Waals surface area contributed by atoms with Crippen molar-refractivity contribution in [2.75, 3.05) is 0 Å². The van der Waals surface area contributed by atoms with Crippen molar-refractivity contribution in [1.29, 1.82) is 0 Å². The molecule has 1 heteroatoms. The molecule has 0 aliphatic heterocycles. The number of rotatable bonds is 0. The molecule has 0 spiro atoms. The molecule has 0 saturated carbocycles. The van der Waals surface area contributed by atoms with Crippen molar-refractivity contribution in [3.8, 4) is 0 Å². The molecule has 17 heavy (non-hydrogen) atoms. The van der Waals surface area contributed by atoms with Crippen molar-refractivity contribution >= 4 is 33.7 Å². The largest absolute Gasteiger partial charge is 0.0804 e. The Hall–Kier alpha value is -0.830. The number of alkyl halides is 1. The third-order valence-corrected chi connectivity index (χ3v) is 5.01. The highest BCUT2D eigenvalue weighted by molar-refractivity contribution is 14.1. The van der Waals surface area contributed by atoms with Crippen LogP contribution in [0.3, 0.4) is 0 Å². The summed E-state index contributed by atoms with van der Waals surface area (Å²) in [6, 6.07) is 8.88. The quantitative estimate of drug-likeness (QED) is 0.486. The Morgan fingerprint density at radius 3 is 2.65 bits per heavy atom. The summed E-state index contributed by atoms with van der Waals surface area (Å²) in [7, 11) is 0. The molecule has 0 radical (unpaired) electrons. The second kappa shape index (κ2) is 3.58. The van der Waals surface area contributed by atoms with Crippen LogP contribution in [0.15, 0.2) is 48.6 Å². The molecule has 2 unspecified atom stereocenters. The van der Waals surface area contributed by atoms with E-state index in [9.17, 15) is 0 Å². The fourth-order valence-corrected chi connectivity index (χ4v) is 4.46. The van der Waals surface area contributed by atoms with Gasteiger partial charge < -0.3 is 0 Å². The van der Waals surface area contributed by atoms with Gasteiger partial charge in [0.05, 0.1) is 0 Å². The minimum absolute atomic E-state index is 0.642. The SMILES string of the molecule is IC1C=C2c3ccccc3C3=CC=C[C@@H](C1)C32. The highest BCUT2D eigenvalue weighted by atomic mass is 127. The summed E-state index contributed by atoms with van der Waals surface area (Å²) in [5, 5.41) is 0. The van der Waals surface area contributed by atoms with Crippen molar-refractivity contribution in [1.82, 2.24) is 0 Å².